The van der Waals surface area contributed by atoms with Gasteiger partial charge in [-0.15, -0.1) is 0 Å². The summed E-state index contributed by atoms with van der Waals surface area (Å²) in [7, 11) is 1.42. The fraction of sp³-hybridized carbons (Fsp3) is 0.545. The van der Waals surface area contributed by atoms with Crippen molar-refractivity contribution in [2.45, 2.75) is 32.2 Å². The summed E-state index contributed by atoms with van der Waals surface area (Å²) in [6.45, 7) is 2.91. The summed E-state index contributed by atoms with van der Waals surface area (Å²) in [6.07, 6.45) is -5.80. The second kappa shape index (κ2) is 4.80. The van der Waals surface area contributed by atoms with Crippen molar-refractivity contribution < 1.29 is 23.1 Å². The van der Waals surface area contributed by atoms with Gasteiger partial charge in [0.05, 0.1) is 10.2 Å². The number of hydrazone groups is 1. The molecule has 1 aromatic rings. The number of halogens is 4. The number of aromatic nitrogens is 2. The SMILES string of the molecule is CC1=NN(C(=O)c2c(Br)c(C)nn2C)[C@@](O)(C(F)(F)F)C1. The number of rotatable bonds is 1. The average molecular weight is 369 g/mol. The van der Waals surface area contributed by atoms with Crippen molar-refractivity contribution in [1.29, 1.82) is 0 Å². The lowest BCUT2D eigenvalue weighted by Crippen LogP contribution is -2.56. The van der Waals surface area contributed by atoms with Crippen molar-refractivity contribution >= 4 is 27.5 Å². The first kappa shape index (κ1) is 16.0. The van der Waals surface area contributed by atoms with Gasteiger partial charge in [0, 0.05) is 19.2 Å². The molecule has 0 aromatic carbocycles. The first-order valence-corrected chi connectivity index (χ1v) is 6.65. The van der Waals surface area contributed by atoms with Crippen LogP contribution in [-0.2, 0) is 7.05 Å². The third kappa shape index (κ3) is 2.35. The maximum Gasteiger partial charge on any atom is 0.438 e. The van der Waals surface area contributed by atoms with Crippen molar-refractivity contribution in [3.63, 3.8) is 0 Å². The van der Waals surface area contributed by atoms with Gasteiger partial charge in [-0.2, -0.15) is 28.4 Å². The van der Waals surface area contributed by atoms with Crippen LogP contribution in [0.2, 0.25) is 0 Å². The van der Waals surface area contributed by atoms with E-state index in [1.165, 1.54) is 14.0 Å². The Kier molecular flexibility index (Phi) is 3.65. The Balaban J connectivity index is 2.51. The number of hydrogen-bond donors (Lipinski definition) is 1. The Morgan fingerprint density at radius 2 is 2.00 bits per heavy atom. The molecule has 0 bridgehead atoms. The number of carbonyl (C=O) groups is 1. The van der Waals surface area contributed by atoms with Crippen molar-refractivity contribution in [3.05, 3.63) is 15.9 Å². The Bertz CT molecular complexity index is 640. The highest BCUT2D eigenvalue weighted by atomic mass is 79.9. The Hall–Kier alpha value is -1.42. The minimum atomic E-state index is -5.02. The van der Waals surface area contributed by atoms with E-state index in [-0.39, 0.29) is 20.9 Å². The van der Waals surface area contributed by atoms with Gasteiger partial charge in [-0.1, -0.05) is 0 Å². The van der Waals surface area contributed by atoms with E-state index in [4.69, 9.17) is 0 Å². The van der Waals surface area contributed by atoms with E-state index in [1.54, 1.807) is 6.92 Å². The van der Waals surface area contributed by atoms with Crippen LogP contribution in [0.25, 0.3) is 0 Å². The second-order valence-corrected chi connectivity index (χ2v) is 5.61. The summed E-state index contributed by atoms with van der Waals surface area (Å²) in [5.41, 5.74) is -3.01. The van der Waals surface area contributed by atoms with Gasteiger partial charge >= 0.3 is 6.18 Å². The monoisotopic (exact) mass is 368 g/mol. The molecule has 0 saturated carbocycles. The van der Waals surface area contributed by atoms with Crippen LogP contribution in [0, 0.1) is 6.92 Å². The first-order valence-electron chi connectivity index (χ1n) is 5.86. The molecule has 1 aliphatic rings. The standard InChI is InChI=1S/C11H12BrF3N4O2/c1-5-4-10(21,11(13,14)15)19(16-5)9(20)8-7(12)6(2)17-18(8)3/h21H,4H2,1-3H3/t10-/m0/s1. The number of nitrogens with zero attached hydrogens (tertiary/aromatic N) is 4. The number of amides is 1. The first-order chi connectivity index (χ1) is 9.49. The molecule has 1 N–H and O–H groups in total. The Labute approximate surface area is 126 Å². The van der Waals surface area contributed by atoms with Gasteiger partial charge in [-0.05, 0) is 29.8 Å². The second-order valence-electron chi connectivity index (χ2n) is 4.81. The number of hydrogen-bond acceptors (Lipinski definition) is 4. The van der Waals surface area contributed by atoms with Crippen molar-refractivity contribution in [1.82, 2.24) is 14.8 Å². The van der Waals surface area contributed by atoms with Crippen LogP contribution in [0.3, 0.4) is 0 Å². The molecule has 6 nitrogen and oxygen atoms in total. The molecule has 10 heteroatoms. The zero-order chi connectivity index (χ0) is 16.2. The summed E-state index contributed by atoms with van der Waals surface area (Å²) >= 11 is 3.11. The molecule has 21 heavy (non-hydrogen) atoms. The molecular formula is C11H12BrF3N4O2. The Morgan fingerprint density at radius 1 is 1.43 bits per heavy atom. The zero-order valence-corrected chi connectivity index (χ0v) is 12.9. The molecule has 1 amide bonds. The molecule has 1 aliphatic heterocycles. The molecule has 1 atom stereocenters. The van der Waals surface area contributed by atoms with Gasteiger partial charge < -0.3 is 5.11 Å². The van der Waals surface area contributed by atoms with Crippen LogP contribution in [0.5, 0.6) is 0 Å². The predicted molar refractivity (Wildman–Crippen MR) is 70.5 cm³/mol. The summed E-state index contributed by atoms with van der Waals surface area (Å²) in [5, 5.41) is 17.5. The van der Waals surface area contributed by atoms with Crippen LogP contribution in [0.4, 0.5) is 13.2 Å². The molecule has 1 aromatic heterocycles. The summed E-state index contributed by atoms with van der Waals surface area (Å²) in [6, 6.07) is 0. The van der Waals surface area contributed by atoms with Gasteiger partial charge in [0.2, 0.25) is 0 Å². The molecular weight excluding hydrogens is 357 g/mol. The molecule has 0 unspecified atom stereocenters. The maximum atomic E-state index is 13.1. The molecule has 116 valence electrons. The van der Waals surface area contributed by atoms with E-state index in [0.29, 0.717) is 5.69 Å². The molecule has 0 fully saturated rings. The smallest absolute Gasteiger partial charge is 0.362 e. The lowest BCUT2D eigenvalue weighted by atomic mass is 10.1. The fourth-order valence-electron chi connectivity index (χ4n) is 2.12. The predicted octanol–water partition coefficient (Wildman–Crippen LogP) is 1.96. The third-order valence-electron chi connectivity index (χ3n) is 3.12. The molecule has 0 spiro atoms. The summed E-state index contributed by atoms with van der Waals surface area (Å²) < 4.78 is 40.7. The minimum Gasteiger partial charge on any atom is -0.362 e. The average Bonchev–Trinajstić information content (AvgIpc) is 2.76. The van der Waals surface area contributed by atoms with E-state index in [2.05, 4.69) is 26.1 Å². The van der Waals surface area contributed by atoms with Gasteiger partial charge in [0.25, 0.3) is 11.6 Å². The van der Waals surface area contributed by atoms with Crippen LogP contribution >= 0.6 is 15.9 Å². The van der Waals surface area contributed by atoms with Crippen molar-refractivity contribution in [2.24, 2.45) is 12.1 Å². The number of alkyl halides is 3. The van der Waals surface area contributed by atoms with Crippen LogP contribution in [-0.4, -0.2) is 43.4 Å². The minimum absolute atomic E-state index is 0.0122. The highest BCUT2D eigenvalue weighted by Crippen LogP contribution is 2.41. The lowest BCUT2D eigenvalue weighted by molar-refractivity contribution is -0.297. The molecule has 0 aliphatic carbocycles. The quantitative estimate of drug-likeness (QED) is 0.823. The number of aryl methyl sites for hydroxylation is 2. The summed E-state index contributed by atoms with van der Waals surface area (Å²) in [5.74, 6) is -1.08. The highest BCUT2D eigenvalue weighted by molar-refractivity contribution is 9.10. The fourth-order valence-corrected chi connectivity index (χ4v) is 2.62. The molecule has 2 rings (SSSR count). The maximum absolute atomic E-state index is 13.1. The largest absolute Gasteiger partial charge is 0.438 e. The highest BCUT2D eigenvalue weighted by Gasteiger charge is 2.63. The molecule has 0 saturated heterocycles. The van der Waals surface area contributed by atoms with Gasteiger partial charge in [-0.3, -0.25) is 9.48 Å². The normalized spacial score (nSPS) is 22.7. The zero-order valence-electron chi connectivity index (χ0n) is 11.4. The van der Waals surface area contributed by atoms with E-state index in [1.807, 2.05) is 0 Å². The number of aliphatic hydroxyl groups is 1. The van der Waals surface area contributed by atoms with Crippen LogP contribution in [0.1, 0.15) is 29.5 Å². The van der Waals surface area contributed by atoms with Crippen molar-refractivity contribution in [3.8, 4) is 0 Å². The van der Waals surface area contributed by atoms with Crippen LogP contribution < -0.4 is 0 Å². The number of carbonyl (C=O) groups excluding carboxylic acids is 1. The van der Waals surface area contributed by atoms with Crippen molar-refractivity contribution in [2.75, 3.05) is 0 Å². The van der Waals surface area contributed by atoms with E-state index in [9.17, 15) is 23.1 Å². The molecule has 0 radical (unpaired) electrons. The van der Waals surface area contributed by atoms with E-state index >= 15 is 0 Å². The van der Waals surface area contributed by atoms with Gasteiger partial charge in [0.1, 0.15) is 5.69 Å². The topological polar surface area (TPSA) is 70.7 Å². The lowest BCUT2D eigenvalue weighted by Gasteiger charge is -2.32. The van der Waals surface area contributed by atoms with Gasteiger partial charge in [0.15, 0.2) is 0 Å². The summed E-state index contributed by atoms with van der Waals surface area (Å²) in [4.78, 5) is 12.4. The third-order valence-corrected chi connectivity index (χ3v) is 4.07. The Morgan fingerprint density at radius 3 is 2.43 bits per heavy atom. The van der Waals surface area contributed by atoms with Crippen LogP contribution in [0.15, 0.2) is 9.57 Å². The van der Waals surface area contributed by atoms with E-state index < -0.39 is 24.2 Å². The van der Waals surface area contributed by atoms with Gasteiger partial charge in [-0.25, -0.2) is 0 Å². The van der Waals surface area contributed by atoms with E-state index in [0.717, 1.165) is 4.68 Å². The molecule has 2 heterocycles.